The number of carbonyl (C=O) groups is 1. The van der Waals surface area contributed by atoms with Crippen LogP contribution in [0.3, 0.4) is 0 Å². The quantitative estimate of drug-likeness (QED) is 0.796. The molecule has 0 bridgehead atoms. The van der Waals surface area contributed by atoms with Crippen molar-refractivity contribution < 1.29 is 9.53 Å². The fourth-order valence-corrected chi connectivity index (χ4v) is 1.88. The van der Waals surface area contributed by atoms with Crippen molar-refractivity contribution in [1.82, 2.24) is 0 Å². The van der Waals surface area contributed by atoms with E-state index in [9.17, 15) is 4.79 Å². The monoisotopic (exact) mass is 273 g/mol. The molecule has 0 radical (unpaired) electrons. The van der Waals surface area contributed by atoms with E-state index >= 15 is 0 Å². The van der Waals surface area contributed by atoms with Gasteiger partial charge in [0.1, 0.15) is 12.4 Å². The number of carbonyl (C=O) groups excluding carboxylic acids is 1. The maximum atomic E-state index is 10.5. The third-order valence-corrected chi connectivity index (χ3v) is 2.31. The molecule has 0 N–H and O–H groups in total. The largest absolute Gasteiger partial charge is 0.476 e. The summed E-state index contributed by atoms with van der Waals surface area (Å²) in [5, 5.41) is 8.62. The van der Waals surface area contributed by atoms with Gasteiger partial charge in [0.05, 0.1) is 9.50 Å². The normalized spacial score (nSPS) is 9.21. The lowest BCUT2D eigenvalue weighted by Crippen LogP contribution is -1.96. The highest BCUT2D eigenvalue weighted by Crippen LogP contribution is 2.33. The maximum Gasteiger partial charge on any atom is 0.174 e. The van der Waals surface area contributed by atoms with Gasteiger partial charge in [0.15, 0.2) is 12.4 Å². The first-order valence-electron chi connectivity index (χ1n) is 3.63. The Balaban J connectivity index is 3.06. The van der Waals surface area contributed by atoms with Crippen LogP contribution in [0.5, 0.6) is 5.75 Å². The summed E-state index contributed by atoms with van der Waals surface area (Å²) in [7, 11) is 0. The molecule has 0 atom stereocenters. The number of hydrogen-bond donors (Lipinski definition) is 0. The molecule has 5 heteroatoms. The minimum Gasteiger partial charge on any atom is -0.476 e. The van der Waals surface area contributed by atoms with E-state index in [1.54, 1.807) is 6.07 Å². The average molecular weight is 275 g/mol. The summed E-state index contributed by atoms with van der Waals surface area (Å²) in [6.45, 7) is -0.0846. The topological polar surface area (TPSA) is 50.1 Å². The number of aldehydes is 1. The summed E-state index contributed by atoms with van der Waals surface area (Å²) in [5.74, 6) is 0.374. The maximum absolute atomic E-state index is 10.5. The fourth-order valence-electron chi connectivity index (χ4n) is 0.890. The molecule has 0 unspecified atom stereocenters. The van der Waals surface area contributed by atoms with Crippen LogP contribution in [0.15, 0.2) is 16.6 Å². The summed E-state index contributed by atoms with van der Waals surface area (Å²) in [4.78, 5) is 10.5. The first-order valence-corrected chi connectivity index (χ1v) is 4.80. The number of ether oxygens (including phenoxy) is 1. The van der Waals surface area contributed by atoms with Gasteiger partial charge in [-0.05, 0) is 28.1 Å². The lowest BCUT2D eigenvalue weighted by atomic mass is 10.2. The third kappa shape index (κ3) is 2.47. The van der Waals surface area contributed by atoms with Crippen molar-refractivity contribution in [1.29, 1.82) is 5.26 Å². The molecule has 0 aliphatic rings. The Kier molecular flexibility index (Phi) is 3.93. The highest BCUT2D eigenvalue weighted by Gasteiger charge is 2.08. The van der Waals surface area contributed by atoms with Gasteiger partial charge in [-0.15, -0.1) is 0 Å². The van der Waals surface area contributed by atoms with Crippen LogP contribution in [0, 0.1) is 11.3 Å². The Hall–Kier alpha value is -1.05. The van der Waals surface area contributed by atoms with Crippen LogP contribution in [0.25, 0.3) is 0 Å². The first-order chi connectivity index (χ1) is 6.69. The number of halogens is 2. The van der Waals surface area contributed by atoms with E-state index in [0.717, 1.165) is 0 Å². The predicted octanol–water partition coefficient (Wildman–Crippen LogP) is 2.82. The lowest BCUT2D eigenvalue weighted by molar-refractivity contribution is 0.112. The molecule has 0 spiro atoms. The van der Waals surface area contributed by atoms with Crippen LogP contribution in [-0.2, 0) is 0 Å². The van der Waals surface area contributed by atoms with Crippen LogP contribution in [0.4, 0.5) is 0 Å². The lowest BCUT2D eigenvalue weighted by Gasteiger charge is -2.07. The highest BCUT2D eigenvalue weighted by atomic mass is 79.9. The van der Waals surface area contributed by atoms with E-state index in [0.29, 0.717) is 27.1 Å². The van der Waals surface area contributed by atoms with Crippen molar-refractivity contribution in [2.75, 3.05) is 6.61 Å². The van der Waals surface area contributed by atoms with Crippen LogP contribution >= 0.6 is 27.5 Å². The molecule has 1 rings (SSSR count). The zero-order chi connectivity index (χ0) is 10.6. The minimum absolute atomic E-state index is 0.0846. The summed E-state index contributed by atoms with van der Waals surface area (Å²) in [5.41, 5.74) is 0.450. The molecule has 0 heterocycles. The molecule has 1 aromatic rings. The summed E-state index contributed by atoms with van der Waals surface area (Å²) in [6, 6.07) is 4.88. The molecule has 0 aromatic heterocycles. The van der Waals surface area contributed by atoms with E-state index in [1.165, 1.54) is 6.07 Å². The molecule has 0 aliphatic heterocycles. The van der Waals surface area contributed by atoms with Gasteiger partial charge in [-0.3, -0.25) is 4.79 Å². The van der Waals surface area contributed by atoms with Gasteiger partial charge in [-0.25, -0.2) is 0 Å². The minimum atomic E-state index is -0.0846. The van der Waals surface area contributed by atoms with Crippen LogP contribution < -0.4 is 4.74 Å². The average Bonchev–Trinajstić information content (AvgIpc) is 2.16. The molecule has 72 valence electrons. The molecule has 3 nitrogen and oxygen atoms in total. The molecule has 14 heavy (non-hydrogen) atoms. The Morgan fingerprint density at radius 1 is 1.64 bits per heavy atom. The number of benzene rings is 1. The van der Waals surface area contributed by atoms with E-state index in [2.05, 4.69) is 15.9 Å². The van der Waals surface area contributed by atoms with Gasteiger partial charge in [0.25, 0.3) is 0 Å². The van der Waals surface area contributed by atoms with Crippen molar-refractivity contribution in [2.24, 2.45) is 0 Å². The fraction of sp³-hybridized carbons (Fsp3) is 0.111. The number of nitriles is 1. The summed E-state index contributed by atoms with van der Waals surface area (Å²) >= 11 is 9.02. The van der Waals surface area contributed by atoms with Gasteiger partial charge < -0.3 is 4.74 Å². The molecule has 0 saturated carbocycles. The van der Waals surface area contributed by atoms with Crippen LogP contribution in [0.1, 0.15) is 10.4 Å². The molecule has 0 amide bonds. The second-order valence-electron chi connectivity index (χ2n) is 2.38. The van der Waals surface area contributed by atoms with Crippen molar-refractivity contribution in [2.45, 2.75) is 0 Å². The van der Waals surface area contributed by atoms with Crippen molar-refractivity contribution in [3.05, 3.63) is 27.2 Å². The summed E-state index contributed by atoms with van der Waals surface area (Å²) < 4.78 is 5.62. The Morgan fingerprint density at radius 2 is 2.36 bits per heavy atom. The number of nitrogens with zero attached hydrogens (tertiary/aromatic N) is 1. The molecular formula is C9H5BrClNO2. The molecule has 0 fully saturated rings. The predicted molar refractivity (Wildman–Crippen MR) is 55.6 cm³/mol. The van der Waals surface area contributed by atoms with Crippen molar-refractivity contribution in [3.63, 3.8) is 0 Å². The molecule has 0 aliphatic carbocycles. The van der Waals surface area contributed by atoms with Gasteiger partial charge in [0, 0.05) is 5.56 Å². The van der Waals surface area contributed by atoms with Gasteiger partial charge in [0.2, 0.25) is 0 Å². The second-order valence-corrected chi connectivity index (χ2v) is 3.64. The van der Waals surface area contributed by atoms with E-state index in [4.69, 9.17) is 21.6 Å². The molecule has 0 saturated heterocycles. The Bertz CT molecular complexity index is 377. The van der Waals surface area contributed by atoms with E-state index < -0.39 is 0 Å². The second kappa shape index (κ2) is 4.99. The zero-order valence-corrected chi connectivity index (χ0v) is 9.30. The third-order valence-electron chi connectivity index (χ3n) is 1.44. The van der Waals surface area contributed by atoms with Crippen molar-refractivity contribution in [3.8, 4) is 11.8 Å². The Morgan fingerprint density at radius 3 is 2.86 bits per heavy atom. The Labute approximate surface area is 94.4 Å². The van der Waals surface area contributed by atoms with Crippen molar-refractivity contribution >= 4 is 33.8 Å². The zero-order valence-electron chi connectivity index (χ0n) is 6.96. The van der Waals surface area contributed by atoms with Crippen LogP contribution in [0.2, 0.25) is 5.02 Å². The van der Waals surface area contributed by atoms with Crippen LogP contribution in [-0.4, -0.2) is 12.9 Å². The van der Waals surface area contributed by atoms with E-state index in [1.807, 2.05) is 6.07 Å². The SMILES string of the molecule is N#CCOc1c(Cl)cc(C=O)cc1Br. The van der Waals surface area contributed by atoms with Gasteiger partial charge >= 0.3 is 0 Å². The van der Waals surface area contributed by atoms with Gasteiger partial charge in [-0.2, -0.15) is 5.26 Å². The first kappa shape index (κ1) is 11.0. The molecular weight excluding hydrogens is 269 g/mol. The number of hydrogen-bond acceptors (Lipinski definition) is 3. The number of rotatable bonds is 3. The standard InChI is InChI=1S/C9H5BrClNO2/c10-7-3-6(5-13)4-8(11)9(7)14-2-1-12/h3-5H,2H2. The van der Waals surface area contributed by atoms with E-state index in [-0.39, 0.29) is 6.61 Å². The van der Waals surface area contributed by atoms with Gasteiger partial charge in [-0.1, -0.05) is 11.6 Å². The molecule has 1 aromatic carbocycles. The highest BCUT2D eigenvalue weighted by molar-refractivity contribution is 9.10. The summed E-state index contributed by atoms with van der Waals surface area (Å²) in [6.07, 6.45) is 0.685. The smallest absolute Gasteiger partial charge is 0.174 e.